The van der Waals surface area contributed by atoms with Crippen LogP contribution in [0.15, 0.2) is 18.3 Å². The number of aromatic nitrogens is 1. The van der Waals surface area contributed by atoms with Crippen molar-refractivity contribution in [2.75, 3.05) is 0 Å². The van der Waals surface area contributed by atoms with E-state index in [2.05, 4.69) is 58.7 Å². The third-order valence-corrected chi connectivity index (χ3v) is 2.40. The monoisotopic (exact) mass is 295 g/mol. The molecule has 0 saturated carbocycles. The minimum Gasteiger partial charge on any atom is -0.358 e. The fourth-order valence-corrected chi connectivity index (χ4v) is 1.28. The molecule has 0 aliphatic rings. The van der Waals surface area contributed by atoms with E-state index in [1.54, 1.807) is 0 Å². The number of pyridine rings is 1. The summed E-state index contributed by atoms with van der Waals surface area (Å²) >= 11 is 0. The van der Waals surface area contributed by atoms with E-state index in [1.807, 2.05) is 6.20 Å². The predicted octanol–water partition coefficient (Wildman–Crippen LogP) is 4.12. The molecule has 0 aliphatic carbocycles. The van der Waals surface area contributed by atoms with Crippen molar-refractivity contribution >= 4 is 0 Å². The molecule has 89 valence electrons. The van der Waals surface area contributed by atoms with Crippen LogP contribution in [-0.2, 0) is 43.5 Å². The standard InChI is InChI=1S/C13H21N.CH3.Y/c1-12(2,3)10-7-8-11(14-9-10)13(4,5)6;;/h7-9H,1-6H3;1H3;/q;-1;. The molecule has 1 aromatic heterocycles. The van der Waals surface area contributed by atoms with Gasteiger partial charge >= 0.3 is 0 Å². The van der Waals surface area contributed by atoms with Gasteiger partial charge in [-0.1, -0.05) is 47.6 Å². The van der Waals surface area contributed by atoms with Crippen LogP contribution in [0.1, 0.15) is 52.8 Å². The molecule has 0 amide bonds. The SMILES string of the molecule is CC(C)(C)c1ccc(C(C)(C)C)nc1.[CH3-].[Y]. The maximum absolute atomic E-state index is 4.52. The van der Waals surface area contributed by atoms with Crippen LogP contribution in [-0.4, -0.2) is 4.98 Å². The second-order valence-electron chi connectivity index (χ2n) is 5.93. The van der Waals surface area contributed by atoms with Crippen LogP contribution in [0.25, 0.3) is 0 Å². The van der Waals surface area contributed by atoms with Gasteiger partial charge in [-0.15, -0.1) is 0 Å². The Hall–Kier alpha value is 0.254. The average Bonchev–Trinajstić information content (AvgIpc) is 2.01. The summed E-state index contributed by atoms with van der Waals surface area (Å²) < 4.78 is 0. The molecule has 1 rings (SSSR count). The van der Waals surface area contributed by atoms with Gasteiger partial charge in [-0.3, -0.25) is 4.98 Å². The van der Waals surface area contributed by atoms with E-state index in [1.165, 1.54) is 5.56 Å². The smallest absolute Gasteiger partial charge is 0.0457 e. The Labute approximate surface area is 126 Å². The third kappa shape index (κ3) is 5.06. The van der Waals surface area contributed by atoms with E-state index in [0.717, 1.165) is 5.69 Å². The van der Waals surface area contributed by atoms with Crippen molar-refractivity contribution in [2.24, 2.45) is 0 Å². The summed E-state index contributed by atoms with van der Waals surface area (Å²) in [5.41, 5.74) is 2.80. The second kappa shape index (κ2) is 6.26. The molecule has 16 heavy (non-hydrogen) atoms. The summed E-state index contributed by atoms with van der Waals surface area (Å²) in [6.45, 7) is 13.2. The maximum atomic E-state index is 4.52. The quantitative estimate of drug-likeness (QED) is 0.656. The molecule has 0 fully saturated rings. The molecule has 0 bridgehead atoms. The topological polar surface area (TPSA) is 12.9 Å². The van der Waals surface area contributed by atoms with Gasteiger partial charge in [0.2, 0.25) is 0 Å². The van der Waals surface area contributed by atoms with Gasteiger partial charge in [0.25, 0.3) is 0 Å². The van der Waals surface area contributed by atoms with Crippen LogP contribution >= 0.6 is 0 Å². The van der Waals surface area contributed by atoms with Crippen LogP contribution in [0.3, 0.4) is 0 Å². The van der Waals surface area contributed by atoms with Gasteiger partial charge < -0.3 is 7.43 Å². The molecule has 0 aromatic carbocycles. The van der Waals surface area contributed by atoms with E-state index in [9.17, 15) is 0 Å². The molecule has 1 heterocycles. The third-order valence-electron chi connectivity index (χ3n) is 2.40. The van der Waals surface area contributed by atoms with Crippen molar-refractivity contribution in [1.29, 1.82) is 0 Å². The van der Waals surface area contributed by atoms with Crippen molar-refractivity contribution in [3.8, 4) is 0 Å². The molecule has 0 N–H and O–H groups in total. The molecule has 1 aromatic rings. The van der Waals surface area contributed by atoms with Crippen LogP contribution in [0.5, 0.6) is 0 Å². The van der Waals surface area contributed by atoms with Gasteiger partial charge in [-0.05, 0) is 17.0 Å². The van der Waals surface area contributed by atoms with Crippen LogP contribution in [0, 0.1) is 7.43 Å². The van der Waals surface area contributed by atoms with Gasteiger partial charge in [0.15, 0.2) is 0 Å². The Morgan fingerprint density at radius 1 is 0.875 bits per heavy atom. The summed E-state index contributed by atoms with van der Waals surface area (Å²) in [4.78, 5) is 4.52. The Kier molecular flexibility index (Phi) is 7.28. The molecule has 0 unspecified atom stereocenters. The summed E-state index contributed by atoms with van der Waals surface area (Å²) in [7, 11) is 0. The van der Waals surface area contributed by atoms with Crippen molar-refractivity contribution < 1.29 is 32.7 Å². The first kappa shape index (κ1) is 18.6. The van der Waals surface area contributed by atoms with Crippen LogP contribution in [0.4, 0.5) is 0 Å². The average molecular weight is 295 g/mol. The van der Waals surface area contributed by atoms with Crippen molar-refractivity contribution in [3.63, 3.8) is 0 Å². The van der Waals surface area contributed by atoms with E-state index in [-0.39, 0.29) is 51.0 Å². The Balaban J connectivity index is 0. The van der Waals surface area contributed by atoms with Gasteiger partial charge in [-0.2, -0.15) is 0 Å². The van der Waals surface area contributed by atoms with E-state index < -0.39 is 0 Å². The van der Waals surface area contributed by atoms with Crippen molar-refractivity contribution in [3.05, 3.63) is 37.0 Å². The molecular formula is C14H24NY-. The van der Waals surface area contributed by atoms with Gasteiger partial charge in [0, 0.05) is 50.0 Å². The number of hydrogen-bond donors (Lipinski definition) is 0. The molecular weight excluding hydrogens is 271 g/mol. The minimum absolute atomic E-state index is 0. The largest absolute Gasteiger partial charge is 0.358 e. The molecule has 0 spiro atoms. The zero-order chi connectivity index (χ0) is 11.0. The van der Waals surface area contributed by atoms with Gasteiger partial charge in [-0.25, -0.2) is 0 Å². The van der Waals surface area contributed by atoms with Gasteiger partial charge in [0.05, 0.1) is 0 Å². The molecule has 1 radical (unpaired) electrons. The Morgan fingerprint density at radius 2 is 1.38 bits per heavy atom. The van der Waals surface area contributed by atoms with E-state index in [0.29, 0.717) is 0 Å². The minimum atomic E-state index is 0. The Bertz CT molecular complexity index is 268. The summed E-state index contributed by atoms with van der Waals surface area (Å²) in [5, 5.41) is 0. The summed E-state index contributed by atoms with van der Waals surface area (Å²) in [6.07, 6.45) is 2.00. The maximum Gasteiger partial charge on any atom is 0.0457 e. The molecule has 2 heteroatoms. The fraction of sp³-hybridized carbons (Fsp3) is 0.571. The predicted molar refractivity (Wildman–Crippen MR) is 68.1 cm³/mol. The molecule has 0 saturated heterocycles. The van der Waals surface area contributed by atoms with Crippen LogP contribution in [0.2, 0.25) is 0 Å². The van der Waals surface area contributed by atoms with Crippen LogP contribution < -0.4 is 0 Å². The molecule has 0 aliphatic heterocycles. The second-order valence-corrected chi connectivity index (χ2v) is 5.93. The van der Waals surface area contributed by atoms with E-state index >= 15 is 0 Å². The molecule has 1 nitrogen and oxygen atoms in total. The first-order valence-electron chi connectivity index (χ1n) is 5.18. The van der Waals surface area contributed by atoms with E-state index in [4.69, 9.17) is 0 Å². The molecule has 0 atom stereocenters. The fourth-order valence-electron chi connectivity index (χ4n) is 1.28. The Morgan fingerprint density at radius 3 is 1.62 bits per heavy atom. The normalized spacial score (nSPS) is 11.4. The zero-order valence-electron chi connectivity index (χ0n) is 11.8. The zero-order valence-corrected chi connectivity index (χ0v) is 14.6. The first-order valence-corrected chi connectivity index (χ1v) is 5.18. The number of rotatable bonds is 0. The number of hydrogen-bond acceptors (Lipinski definition) is 1. The summed E-state index contributed by atoms with van der Waals surface area (Å²) in [6, 6.07) is 4.33. The van der Waals surface area contributed by atoms with Crippen molar-refractivity contribution in [2.45, 2.75) is 52.4 Å². The summed E-state index contributed by atoms with van der Waals surface area (Å²) in [5.74, 6) is 0. The van der Waals surface area contributed by atoms with Gasteiger partial charge in [0.1, 0.15) is 0 Å². The van der Waals surface area contributed by atoms with Crippen molar-refractivity contribution in [1.82, 2.24) is 4.98 Å². The first-order chi connectivity index (χ1) is 6.21. The number of nitrogens with zero attached hydrogens (tertiary/aromatic N) is 1.